The summed E-state index contributed by atoms with van der Waals surface area (Å²) in [6.45, 7) is 3.65. The molecule has 0 saturated carbocycles. The van der Waals surface area contributed by atoms with Gasteiger partial charge in [-0.3, -0.25) is 0 Å². The Kier molecular flexibility index (Phi) is 14.5. The maximum atomic E-state index is 9.95. The van der Waals surface area contributed by atoms with Gasteiger partial charge in [0, 0.05) is 23.5 Å². The van der Waals surface area contributed by atoms with Crippen molar-refractivity contribution in [1.82, 2.24) is 0 Å². The van der Waals surface area contributed by atoms with Gasteiger partial charge in [-0.05, 0) is 47.9 Å². The Morgan fingerprint density at radius 1 is 0.615 bits per heavy atom. The predicted molar refractivity (Wildman–Crippen MR) is 164 cm³/mol. The van der Waals surface area contributed by atoms with E-state index in [9.17, 15) is 10.2 Å². The lowest BCUT2D eigenvalue weighted by molar-refractivity contribution is 0.281. The highest BCUT2D eigenvalue weighted by atomic mass is 16.5. The Hall–Kier alpha value is -2.82. The highest BCUT2D eigenvalue weighted by molar-refractivity contribution is 5.67. The van der Waals surface area contributed by atoms with Gasteiger partial charge in [0.05, 0.1) is 19.8 Å². The van der Waals surface area contributed by atoms with Gasteiger partial charge >= 0.3 is 0 Å². The molecule has 4 nitrogen and oxygen atoms in total. The van der Waals surface area contributed by atoms with Gasteiger partial charge in [-0.15, -0.1) is 0 Å². The number of hydrogen-bond donors (Lipinski definition) is 2. The number of hydrogen-bond acceptors (Lipinski definition) is 4. The largest absolute Gasteiger partial charge is 0.494 e. The third-order valence-electron chi connectivity index (χ3n) is 7.39. The first kappa shape index (κ1) is 30.7. The van der Waals surface area contributed by atoms with Crippen LogP contribution in [0.1, 0.15) is 101 Å². The van der Waals surface area contributed by atoms with E-state index in [0.717, 1.165) is 46.8 Å². The Balaban J connectivity index is 1.43. The van der Waals surface area contributed by atoms with Crippen molar-refractivity contribution >= 4 is 11.4 Å². The van der Waals surface area contributed by atoms with Gasteiger partial charge in [0.15, 0.2) is 0 Å². The number of aliphatic hydroxyl groups is 2. The van der Waals surface area contributed by atoms with Crippen molar-refractivity contribution in [2.75, 3.05) is 11.5 Å². The molecule has 0 aliphatic heterocycles. The summed E-state index contributed by atoms with van der Waals surface area (Å²) in [7, 11) is 0. The summed E-state index contributed by atoms with van der Waals surface area (Å²) >= 11 is 0. The van der Waals surface area contributed by atoms with E-state index < -0.39 is 0 Å². The van der Waals surface area contributed by atoms with E-state index in [-0.39, 0.29) is 13.2 Å². The quantitative estimate of drug-likeness (QED) is 0.143. The first-order valence-electron chi connectivity index (χ1n) is 15.1. The van der Waals surface area contributed by atoms with Crippen LogP contribution in [0.4, 0.5) is 11.4 Å². The molecule has 0 bridgehead atoms. The second-order valence-corrected chi connectivity index (χ2v) is 10.6. The van der Waals surface area contributed by atoms with E-state index >= 15 is 0 Å². The molecule has 3 aromatic carbocycles. The lowest BCUT2D eigenvalue weighted by Gasteiger charge is -2.27. The summed E-state index contributed by atoms with van der Waals surface area (Å²) in [4.78, 5) is 2.19. The molecular formula is C35H49NO3. The van der Waals surface area contributed by atoms with Crippen molar-refractivity contribution in [2.45, 2.75) is 104 Å². The van der Waals surface area contributed by atoms with Crippen LogP contribution < -0.4 is 9.64 Å². The van der Waals surface area contributed by atoms with Crippen molar-refractivity contribution in [3.63, 3.8) is 0 Å². The lowest BCUT2D eigenvalue weighted by atomic mass is 10.1. The van der Waals surface area contributed by atoms with Gasteiger partial charge in [0.1, 0.15) is 5.75 Å². The molecule has 212 valence electrons. The van der Waals surface area contributed by atoms with E-state index in [1.807, 2.05) is 48.5 Å². The average Bonchev–Trinajstić information content (AvgIpc) is 2.99. The van der Waals surface area contributed by atoms with Gasteiger partial charge in [-0.1, -0.05) is 120 Å². The molecule has 0 fully saturated rings. The van der Waals surface area contributed by atoms with Crippen LogP contribution in [0.3, 0.4) is 0 Å². The van der Waals surface area contributed by atoms with Crippen molar-refractivity contribution in [3.05, 3.63) is 89.5 Å². The van der Waals surface area contributed by atoms with Crippen LogP contribution in [-0.2, 0) is 19.8 Å². The Bertz CT molecular complexity index is 1050. The smallest absolute Gasteiger partial charge is 0.119 e. The highest BCUT2D eigenvalue weighted by Crippen LogP contribution is 2.31. The zero-order valence-electron chi connectivity index (χ0n) is 24.0. The van der Waals surface area contributed by atoms with Crippen LogP contribution in [0.25, 0.3) is 0 Å². The Morgan fingerprint density at radius 3 is 1.90 bits per heavy atom. The van der Waals surface area contributed by atoms with Crippen LogP contribution in [0, 0.1) is 0 Å². The van der Waals surface area contributed by atoms with E-state index in [0.29, 0.717) is 6.54 Å². The molecule has 0 atom stereocenters. The maximum absolute atomic E-state index is 9.95. The summed E-state index contributed by atoms with van der Waals surface area (Å²) in [6, 6.07) is 24.2. The number of nitrogens with zero attached hydrogens (tertiary/aromatic N) is 1. The van der Waals surface area contributed by atoms with Crippen LogP contribution in [0.15, 0.2) is 72.8 Å². The van der Waals surface area contributed by atoms with Crippen LogP contribution in [0.2, 0.25) is 0 Å². The minimum absolute atomic E-state index is 0.00540. The molecule has 0 spiro atoms. The van der Waals surface area contributed by atoms with Gasteiger partial charge in [0.25, 0.3) is 0 Å². The van der Waals surface area contributed by atoms with Crippen LogP contribution in [0.5, 0.6) is 5.75 Å². The summed E-state index contributed by atoms with van der Waals surface area (Å²) in [6.07, 6.45) is 16.1. The number of ether oxygens (including phenoxy) is 1. The fourth-order valence-corrected chi connectivity index (χ4v) is 5.05. The molecule has 39 heavy (non-hydrogen) atoms. The molecule has 4 heteroatoms. The van der Waals surface area contributed by atoms with Crippen molar-refractivity contribution in [1.29, 1.82) is 0 Å². The second-order valence-electron chi connectivity index (χ2n) is 10.6. The molecule has 0 saturated heterocycles. The van der Waals surface area contributed by atoms with E-state index in [4.69, 9.17) is 4.74 Å². The van der Waals surface area contributed by atoms with E-state index in [2.05, 4.69) is 36.1 Å². The molecule has 3 aromatic rings. The zero-order valence-corrected chi connectivity index (χ0v) is 24.0. The monoisotopic (exact) mass is 531 g/mol. The zero-order chi connectivity index (χ0) is 27.5. The molecule has 0 radical (unpaired) electrons. The lowest BCUT2D eigenvalue weighted by Crippen LogP contribution is -2.18. The molecule has 0 unspecified atom stereocenters. The minimum Gasteiger partial charge on any atom is -0.494 e. The number of para-hydroxylation sites is 1. The number of anilines is 2. The molecule has 0 aliphatic rings. The van der Waals surface area contributed by atoms with Crippen molar-refractivity contribution in [2.24, 2.45) is 0 Å². The number of aliphatic hydroxyl groups excluding tert-OH is 2. The molecular weight excluding hydrogens is 482 g/mol. The summed E-state index contributed by atoms with van der Waals surface area (Å²) in [5, 5.41) is 19.6. The predicted octanol–water partition coefficient (Wildman–Crippen LogP) is 9.09. The van der Waals surface area contributed by atoms with E-state index in [1.165, 1.54) is 70.6 Å². The number of benzene rings is 3. The average molecular weight is 532 g/mol. The standard InChI is InChI=1S/C35H49NO3/c1-2-3-4-5-6-7-8-9-10-11-12-15-25-39-34-23-21-30(22-24-34)27-36(33-19-16-17-31(26-33)28-37)35-20-14-13-18-32(35)29-38/h13-14,16-24,26,37-38H,2-12,15,25,27-29H2,1H3. The molecule has 0 aliphatic carbocycles. The number of rotatable bonds is 20. The molecule has 3 rings (SSSR count). The fraction of sp³-hybridized carbons (Fsp3) is 0.486. The first-order valence-corrected chi connectivity index (χ1v) is 15.1. The Morgan fingerprint density at radius 2 is 1.26 bits per heavy atom. The van der Waals surface area contributed by atoms with Crippen LogP contribution >= 0.6 is 0 Å². The van der Waals surface area contributed by atoms with Crippen LogP contribution in [-0.4, -0.2) is 16.8 Å². The molecule has 0 aromatic heterocycles. The normalized spacial score (nSPS) is 11.1. The molecule has 0 amide bonds. The van der Waals surface area contributed by atoms with Crippen molar-refractivity contribution < 1.29 is 14.9 Å². The number of unbranched alkanes of at least 4 members (excludes halogenated alkanes) is 11. The highest BCUT2D eigenvalue weighted by Gasteiger charge is 2.14. The van der Waals surface area contributed by atoms with Gasteiger partial charge in [0.2, 0.25) is 0 Å². The third-order valence-corrected chi connectivity index (χ3v) is 7.39. The second kappa shape index (κ2) is 18.5. The minimum atomic E-state index is -0.0295. The Labute approximate surface area is 236 Å². The third kappa shape index (κ3) is 11.1. The summed E-state index contributed by atoms with van der Waals surface area (Å²) < 4.78 is 6.02. The van der Waals surface area contributed by atoms with Gasteiger partial charge in [-0.25, -0.2) is 0 Å². The molecule has 0 heterocycles. The van der Waals surface area contributed by atoms with Crippen molar-refractivity contribution in [3.8, 4) is 5.75 Å². The fourth-order valence-electron chi connectivity index (χ4n) is 5.05. The topological polar surface area (TPSA) is 52.9 Å². The van der Waals surface area contributed by atoms with E-state index in [1.54, 1.807) is 0 Å². The van der Waals surface area contributed by atoms with Gasteiger partial charge in [-0.2, -0.15) is 0 Å². The van der Waals surface area contributed by atoms with Gasteiger partial charge < -0.3 is 19.8 Å². The first-order chi connectivity index (χ1) is 19.2. The maximum Gasteiger partial charge on any atom is 0.119 e. The molecule has 2 N–H and O–H groups in total. The summed E-state index contributed by atoms with van der Waals surface area (Å²) in [5.41, 5.74) is 4.82. The SMILES string of the molecule is CCCCCCCCCCCCCCOc1ccc(CN(c2cccc(CO)c2)c2ccccc2CO)cc1. The summed E-state index contributed by atoms with van der Waals surface area (Å²) in [5.74, 6) is 0.909.